The lowest BCUT2D eigenvalue weighted by Gasteiger charge is -2.39. The smallest absolute Gasteiger partial charge is 0.0916 e. The van der Waals surface area contributed by atoms with Gasteiger partial charge < -0.3 is 5.11 Å². The van der Waals surface area contributed by atoms with Crippen molar-refractivity contribution in [3.63, 3.8) is 0 Å². The van der Waals surface area contributed by atoms with Gasteiger partial charge in [0.05, 0.1) is 5.60 Å². The van der Waals surface area contributed by atoms with Crippen molar-refractivity contribution >= 4 is 11.6 Å². The predicted molar refractivity (Wildman–Crippen MR) is 67.5 cm³/mol. The zero-order valence-electron chi connectivity index (χ0n) is 9.91. The summed E-state index contributed by atoms with van der Waals surface area (Å²) in [5.74, 6) is 1.12. The Morgan fingerprint density at radius 2 is 1.75 bits per heavy atom. The van der Waals surface area contributed by atoms with Crippen LogP contribution in [0.25, 0.3) is 0 Å². The van der Waals surface area contributed by atoms with E-state index < -0.39 is 5.60 Å². The van der Waals surface area contributed by atoms with Gasteiger partial charge in [0.15, 0.2) is 0 Å². The third-order valence-corrected chi connectivity index (χ3v) is 3.88. The predicted octanol–water partition coefficient (Wildman–Crippen LogP) is 3.98. The lowest BCUT2D eigenvalue weighted by atomic mass is 9.71. The fourth-order valence-corrected chi connectivity index (χ4v) is 3.46. The molecule has 0 saturated heterocycles. The lowest BCUT2D eigenvalue weighted by molar-refractivity contribution is -0.0361. The molecule has 1 N–H and O–H groups in total. The van der Waals surface area contributed by atoms with E-state index in [4.69, 9.17) is 11.6 Å². The average Bonchev–Trinajstić information content (AvgIpc) is 2.15. The van der Waals surface area contributed by atoms with Crippen molar-refractivity contribution in [2.75, 3.05) is 0 Å². The van der Waals surface area contributed by atoms with Crippen LogP contribution < -0.4 is 0 Å². The summed E-state index contributed by atoms with van der Waals surface area (Å²) >= 11 is 6.18. The minimum atomic E-state index is -0.727. The maximum Gasteiger partial charge on any atom is 0.0916 e. The summed E-state index contributed by atoms with van der Waals surface area (Å²) in [6, 6.07) is 7.67. The summed E-state index contributed by atoms with van der Waals surface area (Å²) in [7, 11) is 0. The first-order chi connectivity index (χ1) is 7.51. The van der Waals surface area contributed by atoms with Gasteiger partial charge in [-0.05, 0) is 37.2 Å². The summed E-state index contributed by atoms with van der Waals surface area (Å²) in [5.41, 5.74) is 0.171. The summed E-state index contributed by atoms with van der Waals surface area (Å²) in [5, 5.41) is 11.5. The minimum absolute atomic E-state index is 0.560. The quantitative estimate of drug-likeness (QED) is 0.785. The van der Waals surface area contributed by atoms with Crippen molar-refractivity contribution < 1.29 is 5.11 Å². The van der Waals surface area contributed by atoms with E-state index in [1.807, 2.05) is 24.3 Å². The number of halogens is 1. The number of aliphatic hydroxyl groups is 1. The molecule has 1 nitrogen and oxygen atoms in total. The van der Waals surface area contributed by atoms with E-state index in [2.05, 4.69) is 13.8 Å². The molecule has 1 saturated carbocycles. The Morgan fingerprint density at radius 1 is 1.19 bits per heavy atom. The van der Waals surface area contributed by atoms with Crippen LogP contribution in [0, 0.1) is 11.8 Å². The molecule has 1 aliphatic rings. The Hall–Kier alpha value is -0.530. The zero-order valence-corrected chi connectivity index (χ0v) is 10.7. The van der Waals surface area contributed by atoms with Crippen molar-refractivity contribution in [3.05, 3.63) is 34.9 Å². The van der Waals surface area contributed by atoms with Crippen molar-refractivity contribution in [3.8, 4) is 0 Å². The molecular formula is C14H19ClO. The van der Waals surface area contributed by atoms with Crippen LogP contribution in [0.2, 0.25) is 5.02 Å². The van der Waals surface area contributed by atoms with Crippen LogP contribution in [-0.4, -0.2) is 5.11 Å². The molecule has 0 spiro atoms. The summed E-state index contributed by atoms with van der Waals surface area (Å²) in [6.07, 6.45) is 2.84. The maximum atomic E-state index is 10.8. The van der Waals surface area contributed by atoms with Gasteiger partial charge in [0, 0.05) is 10.6 Å². The number of rotatable bonds is 1. The molecule has 0 aliphatic heterocycles. The van der Waals surface area contributed by atoms with Gasteiger partial charge in [0.2, 0.25) is 0 Å². The van der Waals surface area contributed by atoms with Crippen LogP contribution in [0.4, 0.5) is 0 Å². The molecule has 16 heavy (non-hydrogen) atoms. The van der Waals surface area contributed by atoms with E-state index in [9.17, 15) is 5.11 Å². The Labute approximate surface area is 102 Å². The van der Waals surface area contributed by atoms with E-state index in [1.165, 1.54) is 6.42 Å². The normalized spacial score (nSPS) is 35.0. The number of benzene rings is 1. The van der Waals surface area contributed by atoms with E-state index in [1.54, 1.807) is 0 Å². The van der Waals surface area contributed by atoms with Crippen LogP contribution in [0.5, 0.6) is 0 Å². The van der Waals surface area contributed by atoms with E-state index in [0.29, 0.717) is 16.9 Å². The van der Waals surface area contributed by atoms with Gasteiger partial charge in [-0.2, -0.15) is 0 Å². The first-order valence-electron chi connectivity index (χ1n) is 5.98. The molecular weight excluding hydrogens is 220 g/mol. The second-order valence-corrected chi connectivity index (χ2v) is 5.77. The fraction of sp³-hybridized carbons (Fsp3) is 0.571. The molecule has 1 aliphatic carbocycles. The van der Waals surface area contributed by atoms with Crippen molar-refractivity contribution in [1.29, 1.82) is 0 Å². The van der Waals surface area contributed by atoms with Crippen molar-refractivity contribution in [2.45, 2.75) is 38.7 Å². The van der Waals surface area contributed by atoms with E-state index in [0.717, 1.165) is 18.4 Å². The monoisotopic (exact) mass is 238 g/mol. The Kier molecular flexibility index (Phi) is 3.27. The molecule has 88 valence electrons. The van der Waals surface area contributed by atoms with E-state index in [-0.39, 0.29) is 0 Å². The van der Waals surface area contributed by atoms with Gasteiger partial charge in [0.25, 0.3) is 0 Å². The van der Waals surface area contributed by atoms with Crippen molar-refractivity contribution in [1.82, 2.24) is 0 Å². The Bertz CT molecular complexity index is 365. The lowest BCUT2D eigenvalue weighted by Crippen LogP contribution is -2.35. The van der Waals surface area contributed by atoms with Crippen molar-refractivity contribution in [2.24, 2.45) is 11.8 Å². The van der Waals surface area contributed by atoms with Gasteiger partial charge in [-0.1, -0.05) is 43.6 Å². The highest BCUT2D eigenvalue weighted by atomic mass is 35.5. The summed E-state index contributed by atoms with van der Waals surface area (Å²) in [6.45, 7) is 4.41. The van der Waals surface area contributed by atoms with Crippen LogP contribution in [0.15, 0.2) is 24.3 Å². The molecule has 2 atom stereocenters. The highest BCUT2D eigenvalue weighted by Crippen LogP contribution is 2.44. The SMILES string of the molecule is CC1CC(C)CC(O)(c2ccccc2Cl)C1. The third-order valence-electron chi connectivity index (χ3n) is 3.55. The molecule has 1 aromatic rings. The van der Waals surface area contributed by atoms with Gasteiger partial charge in [0.1, 0.15) is 0 Å². The molecule has 1 aromatic carbocycles. The zero-order chi connectivity index (χ0) is 11.8. The molecule has 1 fully saturated rings. The third kappa shape index (κ3) is 2.26. The van der Waals surface area contributed by atoms with Crippen LogP contribution in [-0.2, 0) is 5.60 Å². The highest BCUT2D eigenvalue weighted by molar-refractivity contribution is 6.31. The second kappa shape index (κ2) is 4.38. The maximum absolute atomic E-state index is 10.8. The minimum Gasteiger partial charge on any atom is -0.385 e. The molecule has 0 bridgehead atoms. The topological polar surface area (TPSA) is 20.2 Å². The molecule has 2 unspecified atom stereocenters. The average molecular weight is 239 g/mol. The molecule has 0 heterocycles. The van der Waals surface area contributed by atoms with Gasteiger partial charge >= 0.3 is 0 Å². The van der Waals surface area contributed by atoms with Gasteiger partial charge in [-0.15, -0.1) is 0 Å². The largest absolute Gasteiger partial charge is 0.385 e. The first-order valence-corrected chi connectivity index (χ1v) is 6.36. The molecule has 0 amide bonds. The molecule has 2 heteroatoms. The highest BCUT2D eigenvalue weighted by Gasteiger charge is 2.38. The summed E-state index contributed by atoms with van der Waals surface area (Å²) < 4.78 is 0. The van der Waals surface area contributed by atoms with Gasteiger partial charge in [-0.25, -0.2) is 0 Å². The van der Waals surface area contributed by atoms with Crippen LogP contribution in [0.3, 0.4) is 0 Å². The van der Waals surface area contributed by atoms with Crippen LogP contribution in [0.1, 0.15) is 38.7 Å². The molecule has 0 radical (unpaired) electrons. The Morgan fingerprint density at radius 3 is 2.31 bits per heavy atom. The molecule has 0 aromatic heterocycles. The fourth-order valence-electron chi connectivity index (χ4n) is 3.15. The Balaban J connectivity index is 2.34. The standard InChI is InChI=1S/C14H19ClO/c1-10-7-11(2)9-14(16,8-10)12-5-3-4-6-13(12)15/h3-6,10-11,16H,7-9H2,1-2H3. The van der Waals surface area contributed by atoms with Crippen LogP contribution >= 0.6 is 11.6 Å². The first kappa shape index (κ1) is 11.9. The summed E-state index contributed by atoms with van der Waals surface area (Å²) in [4.78, 5) is 0. The van der Waals surface area contributed by atoms with E-state index >= 15 is 0 Å². The molecule has 2 rings (SSSR count). The number of hydrogen-bond donors (Lipinski definition) is 1. The van der Waals surface area contributed by atoms with Gasteiger partial charge in [-0.3, -0.25) is 0 Å². The second-order valence-electron chi connectivity index (χ2n) is 5.37. The number of hydrogen-bond acceptors (Lipinski definition) is 1.